The second-order valence-corrected chi connectivity index (χ2v) is 5.47. The molecule has 4 nitrogen and oxygen atoms in total. The quantitative estimate of drug-likeness (QED) is 0.742. The molecule has 1 aromatic heterocycles. The minimum atomic E-state index is -0.517. The van der Waals surface area contributed by atoms with E-state index in [0.29, 0.717) is 6.54 Å². The van der Waals surface area contributed by atoms with Crippen molar-refractivity contribution in [2.45, 2.75) is 45.3 Å². The van der Waals surface area contributed by atoms with Crippen LogP contribution in [0.1, 0.15) is 33.3 Å². The minimum absolute atomic E-state index is 0.113. The Morgan fingerprint density at radius 3 is 2.47 bits per heavy atom. The first kappa shape index (κ1) is 13.9. The maximum atomic E-state index is 9.26. The van der Waals surface area contributed by atoms with Gasteiger partial charge in [0, 0.05) is 18.8 Å². The second-order valence-electron chi connectivity index (χ2n) is 5.47. The molecule has 0 bridgehead atoms. The Bertz CT molecular complexity index is 341. The lowest BCUT2D eigenvalue weighted by Crippen LogP contribution is -2.38. The molecule has 0 amide bonds. The number of anilines is 1. The molecular formula is C13H23N3O. The van der Waals surface area contributed by atoms with Crippen LogP contribution in [0, 0.1) is 0 Å². The molecule has 4 N–H and O–H groups in total. The molecule has 0 aliphatic rings. The van der Waals surface area contributed by atoms with Crippen molar-refractivity contribution in [3.8, 4) is 0 Å². The summed E-state index contributed by atoms with van der Waals surface area (Å²) in [5, 5.41) is 12.4. The third kappa shape index (κ3) is 4.32. The normalized spacial score (nSPS) is 15.4. The number of nitrogens with two attached hydrogens (primary N) is 1. The van der Waals surface area contributed by atoms with Crippen molar-refractivity contribution in [1.82, 2.24) is 4.98 Å². The Kier molecular flexibility index (Phi) is 4.48. The SMILES string of the molecule is CC(O)C(N)CNc1ccc(C(C)(C)C)cn1. The van der Waals surface area contributed by atoms with Gasteiger partial charge < -0.3 is 16.2 Å². The third-order valence-electron chi connectivity index (χ3n) is 2.77. The van der Waals surface area contributed by atoms with Gasteiger partial charge in [0.05, 0.1) is 6.10 Å². The van der Waals surface area contributed by atoms with Crippen LogP contribution >= 0.6 is 0 Å². The maximum absolute atomic E-state index is 9.26. The lowest BCUT2D eigenvalue weighted by atomic mass is 9.88. The molecule has 1 aromatic rings. The summed E-state index contributed by atoms with van der Waals surface area (Å²) in [4.78, 5) is 4.33. The fraction of sp³-hybridized carbons (Fsp3) is 0.615. The molecule has 17 heavy (non-hydrogen) atoms. The number of hydrogen-bond donors (Lipinski definition) is 3. The first-order valence-corrected chi connectivity index (χ1v) is 5.95. The molecule has 0 fully saturated rings. The van der Waals surface area contributed by atoms with Crippen LogP contribution in [0.3, 0.4) is 0 Å². The number of nitrogens with zero attached hydrogens (tertiary/aromatic N) is 1. The predicted molar refractivity (Wildman–Crippen MR) is 71.1 cm³/mol. The average molecular weight is 237 g/mol. The zero-order valence-corrected chi connectivity index (χ0v) is 11.1. The summed E-state index contributed by atoms with van der Waals surface area (Å²) in [5.41, 5.74) is 7.03. The van der Waals surface area contributed by atoms with Crippen LogP contribution in [-0.2, 0) is 5.41 Å². The third-order valence-corrected chi connectivity index (χ3v) is 2.77. The van der Waals surface area contributed by atoms with Gasteiger partial charge >= 0.3 is 0 Å². The van der Waals surface area contributed by atoms with Gasteiger partial charge in [0.2, 0.25) is 0 Å². The van der Waals surface area contributed by atoms with E-state index >= 15 is 0 Å². The van der Waals surface area contributed by atoms with Crippen molar-refractivity contribution >= 4 is 5.82 Å². The van der Waals surface area contributed by atoms with Gasteiger partial charge in [-0.2, -0.15) is 0 Å². The van der Waals surface area contributed by atoms with Crippen LogP contribution in [0.5, 0.6) is 0 Å². The van der Waals surface area contributed by atoms with E-state index in [2.05, 4.69) is 37.1 Å². The molecule has 0 aromatic carbocycles. The van der Waals surface area contributed by atoms with Gasteiger partial charge in [-0.3, -0.25) is 0 Å². The highest BCUT2D eigenvalue weighted by Crippen LogP contribution is 2.21. The van der Waals surface area contributed by atoms with Gasteiger partial charge in [0.25, 0.3) is 0 Å². The van der Waals surface area contributed by atoms with Crippen molar-refractivity contribution in [3.63, 3.8) is 0 Å². The van der Waals surface area contributed by atoms with Crippen LogP contribution in [0.25, 0.3) is 0 Å². The lowest BCUT2D eigenvalue weighted by Gasteiger charge is -2.19. The fourth-order valence-electron chi connectivity index (χ4n) is 1.34. The number of aromatic nitrogens is 1. The molecule has 2 unspecified atom stereocenters. The standard InChI is InChI=1S/C13H23N3O/c1-9(17)11(14)8-16-12-6-5-10(7-15-12)13(2,3)4/h5-7,9,11,17H,8,14H2,1-4H3,(H,15,16). The van der Waals surface area contributed by atoms with Gasteiger partial charge in [0.15, 0.2) is 0 Å². The Morgan fingerprint density at radius 2 is 2.06 bits per heavy atom. The minimum Gasteiger partial charge on any atom is -0.392 e. The number of nitrogens with one attached hydrogen (secondary N) is 1. The fourth-order valence-corrected chi connectivity index (χ4v) is 1.34. The number of aliphatic hydroxyl groups excluding tert-OH is 1. The van der Waals surface area contributed by atoms with Gasteiger partial charge in [-0.15, -0.1) is 0 Å². The van der Waals surface area contributed by atoms with E-state index in [9.17, 15) is 5.11 Å². The molecule has 2 atom stereocenters. The smallest absolute Gasteiger partial charge is 0.125 e. The Morgan fingerprint density at radius 1 is 1.41 bits per heavy atom. The highest BCUT2D eigenvalue weighted by Gasteiger charge is 2.14. The Balaban J connectivity index is 2.57. The zero-order valence-electron chi connectivity index (χ0n) is 11.1. The van der Waals surface area contributed by atoms with Crippen molar-refractivity contribution in [1.29, 1.82) is 0 Å². The van der Waals surface area contributed by atoms with Crippen molar-refractivity contribution < 1.29 is 5.11 Å². The maximum Gasteiger partial charge on any atom is 0.125 e. The summed E-state index contributed by atoms with van der Waals surface area (Å²) in [7, 11) is 0. The zero-order chi connectivity index (χ0) is 13.1. The molecule has 0 saturated heterocycles. The van der Waals surface area contributed by atoms with E-state index in [1.165, 1.54) is 5.56 Å². The van der Waals surface area contributed by atoms with Crippen molar-refractivity contribution in [2.75, 3.05) is 11.9 Å². The summed E-state index contributed by atoms with van der Waals surface area (Å²) in [6, 6.07) is 3.72. The van der Waals surface area contributed by atoms with E-state index in [0.717, 1.165) is 5.82 Å². The largest absolute Gasteiger partial charge is 0.392 e. The van der Waals surface area contributed by atoms with E-state index in [1.807, 2.05) is 12.3 Å². The summed E-state index contributed by atoms with van der Waals surface area (Å²) < 4.78 is 0. The van der Waals surface area contributed by atoms with Crippen LogP contribution in [0.15, 0.2) is 18.3 Å². The topological polar surface area (TPSA) is 71.2 Å². The predicted octanol–water partition coefficient (Wildman–Crippen LogP) is 1.50. The van der Waals surface area contributed by atoms with Crippen LogP contribution in [-0.4, -0.2) is 28.8 Å². The molecule has 0 saturated carbocycles. The lowest BCUT2D eigenvalue weighted by molar-refractivity contribution is 0.168. The van der Waals surface area contributed by atoms with Gasteiger partial charge in [-0.1, -0.05) is 26.8 Å². The Hall–Kier alpha value is -1.13. The average Bonchev–Trinajstić information content (AvgIpc) is 2.25. The first-order valence-electron chi connectivity index (χ1n) is 5.95. The van der Waals surface area contributed by atoms with Crippen LogP contribution in [0.4, 0.5) is 5.82 Å². The molecule has 96 valence electrons. The van der Waals surface area contributed by atoms with Gasteiger partial charge in [-0.05, 0) is 24.0 Å². The highest BCUT2D eigenvalue weighted by atomic mass is 16.3. The van der Waals surface area contributed by atoms with E-state index in [-0.39, 0.29) is 11.5 Å². The van der Waals surface area contributed by atoms with Crippen LogP contribution in [0.2, 0.25) is 0 Å². The molecule has 0 spiro atoms. The van der Waals surface area contributed by atoms with E-state index in [1.54, 1.807) is 6.92 Å². The van der Waals surface area contributed by atoms with Crippen molar-refractivity contribution in [2.24, 2.45) is 5.73 Å². The van der Waals surface area contributed by atoms with Gasteiger partial charge in [0.1, 0.15) is 5.82 Å². The molecule has 1 heterocycles. The second kappa shape index (κ2) is 5.47. The van der Waals surface area contributed by atoms with E-state index < -0.39 is 6.10 Å². The number of aliphatic hydroxyl groups is 1. The number of pyridine rings is 1. The summed E-state index contributed by atoms with van der Waals surface area (Å²) in [6.07, 6.45) is 1.35. The number of rotatable bonds is 4. The highest BCUT2D eigenvalue weighted by molar-refractivity contribution is 5.37. The molecule has 0 radical (unpaired) electrons. The Labute approximate surface area is 103 Å². The molecule has 0 aliphatic heterocycles. The van der Waals surface area contributed by atoms with Crippen molar-refractivity contribution in [3.05, 3.63) is 23.9 Å². The molecule has 4 heteroatoms. The molecule has 1 rings (SSSR count). The molecular weight excluding hydrogens is 214 g/mol. The van der Waals surface area contributed by atoms with E-state index in [4.69, 9.17) is 5.73 Å². The summed E-state index contributed by atoms with van der Waals surface area (Å²) >= 11 is 0. The summed E-state index contributed by atoms with van der Waals surface area (Å²) in [6.45, 7) is 8.66. The summed E-state index contributed by atoms with van der Waals surface area (Å²) in [5.74, 6) is 0.786. The van der Waals surface area contributed by atoms with Gasteiger partial charge in [-0.25, -0.2) is 4.98 Å². The van der Waals surface area contributed by atoms with Crippen LogP contribution < -0.4 is 11.1 Å². The molecule has 0 aliphatic carbocycles. The monoisotopic (exact) mass is 237 g/mol. The number of hydrogen-bond acceptors (Lipinski definition) is 4. The first-order chi connectivity index (χ1) is 7.80.